The van der Waals surface area contributed by atoms with Crippen molar-refractivity contribution in [1.29, 1.82) is 0 Å². The molecule has 0 saturated heterocycles. The summed E-state index contributed by atoms with van der Waals surface area (Å²) in [6.07, 6.45) is 0. The zero-order chi connectivity index (χ0) is 10.0. The van der Waals surface area contributed by atoms with Gasteiger partial charge >= 0.3 is 0 Å². The highest BCUT2D eigenvalue weighted by Crippen LogP contribution is 2.24. The SMILES string of the molecule is Cc1cc(Br)ccc1C(N)C(C)C. The largest absolute Gasteiger partial charge is 0.324 e. The molecule has 0 amide bonds. The molecule has 0 aliphatic carbocycles. The van der Waals surface area contributed by atoms with Crippen LogP contribution in [0.3, 0.4) is 0 Å². The molecule has 0 radical (unpaired) electrons. The summed E-state index contributed by atoms with van der Waals surface area (Å²) in [7, 11) is 0. The van der Waals surface area contributed by atoms with E-state index in [0.717, 1.165) is 4.47 Å². The van der Waals surface area contributed by atoms with Crippen LogP contribution in [-0.2, 0) is 0 Å². The van der Waals surface area contributed by atoms with Crippen LogP contribution in [0.4, 0.5) is 0 Å². The first kappa shape index (κ1) is 10.7. The second kappa shape index (κ2) is 4.25. The Morgan fingerprint density at radius 1 is 1.31 bits per heavy atom. The van der Waals surface area contributed by atoms with E-state index in [0.29, 0.717) is 5.92 Å². The van der Waals surface area contributed by atoms with Gasteiger partial charge in [0.2, 0.25) is 0 Å². The highest BCUT2D eigenvalue weighted by Gasteiger charge is 2.12. The van der Waals surface area contributed by atoms with Crippen LogP contribution >= 0.6 is 15.9 Å². The molecule has 13 heavy (non-hydrogen) atoms. The molecule has 0 fully saturated rings. The van der Waals surface area contributed by atoms with Gasteiger partial charge in [-0.25, -0.2) is 0 Å². The van der Waals surface area contributed by atoms with Gasteiger partial charge < -0.3 is 5.73 Å². The average Bonchev–Trinajstić information content (AvgIpc) is 2.03. The smallest absolute Gasteiger partial charge is 0.0320 e. The first-order chi connectivity index (χ1) is 6.02. The highest BCUT2D eigenvalue weighted by molar-refractivity contribution is 9.10. The number of nitrogens with two attached hydrogens (primary N) is 1. The van der Waals surface area contributed by atoms with E-state index in [9.17, 15) is 0 Å². The molecule has 1 aromatic carbocycles. The Balaban J connectivity index is 3.01. The van der Waals surface area contributed by atoms with E-state index in [4.69, 9.17) is 5.73 Å². The van der Waals surface area contributed by atoms with Crippen LogP contribution in [0.2, 0.25) is 0 Å². The third kappa shape index (κ3) is 2.55. The average molecular weight is 242 g/mol. The van der Waals surface area contributed by atoms with Gasteiger partial charge in [-0.3, -0.25) is 0 Å². The van der Waals surface area contributed by atoms with Crippen LogP contribution in [-0.4, -0.2) is 0 Å². The third-order valence-electron chi connectivity index (χ3n) is 2.31. The summed E-state index contributed by atoms with van der Waals surface area (Å²) < 4.78 is 1.12. The van der Waals surface area contributed by atoms with E-state index < -0.39 is 0 Å². The second-order valence-corrected chi connectivity index (χ2v) is 4.69. The van der Waals surface area contributed by atoms with E-state index >= 15 is 0 Å². The lowest BCUT2D eigenvalue weighted by molar-refractivity contribution is 0.512. The minimum absolute atomic E-state index is 0.146. The van der Waals surface area contributed by atoms with Gasteiger partial charge in [0.25, 0.3) is 0 Å². The van der Waals surface area contributed by atoms with Gasteiger partial charge in [0.1, 0.15) is 0 Å². The van der Waals surface area contributed by atoms with Gasteiger partial charge in [-0.05, 0) is 36.1 Å². The van der Waals surface area contributed by atoms with Crippen LogP contribution in [0.1, 0.15) is 31.0 Å². The van der Waals surface area contributed by atoms with Crippen molar-refractivity contribution in [3.8, 4) is 0 Å². The van der Waals surface area contributed by atoms with Gasteiger partial charge in [-0.1, -0.05) is 35.8 Å². The zero-order valence-corrected chi connectivity index (χ0v) is 9.93. The fraction of sp³-hybridized carbons (Fsp3) is 0.455. The molecule has 0 bridgehead atoms. The number of rotatable bonds is 2. The summed E-state index contributed by atoms with van der Waals surface area (Å²) in [5.74, 6) is 0.486. The molecule has 0 aliphatic heterocycles. The number of hydrogen-bond acceptors (Lipinski definition) is 1. The lowest BCUT2D eigenvalue weighted by atomic mass is 9.94. The Hall–Kier alpha value is -0.340. The maximum atomic E-state index is 6.07. The van der Waals surface area contributed by atoms with Crippen molar-refractivity contribution in [3.63, 3.8) is 0 Å². The Bertz CT molecular complexity index is 294. The van der Waals surface area contributed by atoms with Gasteiger partial charge in [-0.2, -0.15) is 0 Å². The van der Waals surface area contributed by atoms with Crippen molar-refractivity contribution < 1.29 is 0 Å². The molecule has 0 aliphatic rings. The van der Waals surface area contributed by atoms with E-state index in [1.54, 1.807) is 0 Å². The Labute approximate surface area is 88.5 Å². The van der Waals surface area contributed by atoms with Crippen molar-refractivity contribution in [2.45, 2.75) is 26.8 Å². The van der Waals surface area contributed by atoms with Gasteiger partial charge in [0.05, 0.1) is 0 Å². The quantitative estimate of drug-likeness (QED) is 0.844. The summed E-state index contributed by atoms with van der Waals surface area (Å²) in [5.41, 5.74) is 8.58. The van der Waals surface area contributed by atoms with Crippen molar-refractivity contribution in [2.24, 2.45) is 11.7 Å². The molecule has 2 heteroatoms. The molecule has 1 rings (SSSR count). The predicted molar refractivity (Wildman–Crippen MR) is 60.6 cm³/mol. The molecule has 1 atom stereocenters. The van der Waals surface area contributed by atoms with Crippen molar-refractivity contribution >= 4 is 15.9 Å². The van der Waals surface area contributed by atoms with Crippen LogP contribution < -0.4 is 5.73 Å². The molecule has 1 unspecified atom stereocenters. The normalized spacial score (nSPS) is 13.4. The van der Waals surface area contributed by atoms with Crippen LogP contribution in [0, 0.1) is 12.8 Å². The molecule has 72 valence electrons. The predicted octanol–water partition coefficient (Wildman–Crippen LogP) is 3.41. The molecule has 1 nitrogen and oxygen atoms in total. The summed E-state index contributed by atoms with van der Waals surface area (Å²) in [6.45, 7) is 6.39. The number of aryl methyl sites for hydroxylation is 1. The van der Waals surface area contributed by atoms with Gasteiger partial charge in [-0.15, -0.1) is 0 Å². The number of benzene rings is 1. The summed E-state index contributed by atoms with van der Waals surface area (Å²) in [4.78, 5) is 0. The lowest BCUT2D eigenvalue weighted by Crippen LogP contribution is -2.17. The zero-order valence-electron chi connectivity index (χ0n) is 8.34. The van der Waals surface area contributed by atoms with E-state index in [2.05, 4.69) is 48.8 Å². The van der Waals surface area contributed by atoms with E-state index in [1.165, 1.54) is 11.1 Å². The number of hydrogen-bond donors (Lipinski definition) is 1. The number of halogens is 1. The molecule has 0 spiro atoms. The Morgan fingerprint density at radius 2 is 1.92 bits per heavy atom. The molecule has 0 heterocycles. The molecule has 1 aromatic rings. The first-order valence-electron chi connectivity index (χ1n) is 4.54. The van der Waals surface area contributed by atoms with Crippen LogP contribution in [0.15, 0.2) is 22.7 Å². The summed E-state index contributed by atoms with van der Waals surface area (Å²) >= 11 is 3.44. The van der Waals surface area contributed by atoms with Crippen LogP contribution in [0.25, 0.3) is 0 Å². The highest BCUT2D eigenvalue weighted by atomic mass is 79.9. The molecular formula is C11H16BrN. The Morgan fingerprint density at radius 3 is 2.38 bits per heavy atom. The van der Waals surface area contributed by atoms with Gasteiger partial charge in [0, 0.05) is 10.5 Å². The molecule has 2 N–H and O–H groups in total. The molecule has 0 saturated carbocycles. The standard InChI is InChI=1S/C11H16BrN/c1-7(2)11(13)10-5-4-9(12)6-8(10)3/h4-7,11H,13H2,1-3H3. The van der Waals surface area contributed by atoms with Crippen molar-refractivity contribution in [3.05, 3.63) is 33.8 Å². The maximum absolute atomic E-state index is 6.07. The maximum Gasteiger partial charge on any atom is 0.0320 e. The van der Waals surface area contributed by atoms with Gasteiger partial charge in [0.15, 0.2) is 0 Å². The van der Waals surface area contributed by atoms with Crippen molar-refractivity contribution in [2.75, 3.05) is 0 Å². The lowest BCUT2D eigenvalue weighted by Gasteiger charge is -2.18. The monoisotopic (exact) mass is 241 g/mol. The molecule has 0 aromatic heterocycles. The minimum Gasteiger partial charge on any atom is -0.324 e. The summed E-state index contributed by atoms with van der Waals surface area (Å²) in [5, 5.41) is 0. The van der Waals surface area contributed by atoms with Crippen molar-refractivity contribution in [1.82, 2.24) is 0 Å². The van der Waals surface area contributed by atoms with E-state index in [1.807, 2.05) is 6.07 Å². The fourth-order valence-electron chi connectivity index (χ4n) is 1.37. The molecular weight excluding hydrogens is 226 g/mol. The Kier molecular flexibility index (Phi) is 3.51. The van der Waals surface area contributed by atoms with Crippen LogP contribution in [0.5, 0.6) is 0 Å². The third-order valence-corrected chi connectivity index (χ3v) is 2.80. The second-order valence-electron chi connectivity index (χ2n) is 3.77. The first-order valence-corrected chi connectivity index (χ1v) is 5.33. The topological polar surface area (TPSA) is 26.0 Å². The van der Waals surface area contributed by atoms with E-state index in [-0.39, 0.29) is 6.04 Å². The summed E-state index contributed by atoms with van der Waals surface area (Å²) in [6, 6.07) is 6.40. The minimum atomic E-state index is 0.146. The fourth-order valence-corrected chi connectivity index (χ4v) is 1.85.